The molecule has 0 bridgehead atoms. The first-order chi connectivity index (χ1) is 10.7. The van der Waals surface area contributed by atoms with Gasteiger partial charge in [0, 0.05) is 36.5 Å². The van der Waals surface area contributed by atoms with Crippen LogP contribution >= 0.6 is 23.4 Å². The normalized spacial score (nSPS) is 15.3. The number of aromatic nitrogens is 3. The van der Waals surface area contributed by atoms with Gasteiger partial charge < -0.3 is 9.64 Å². The van der Waals surface area contributed by atoms with E-state index in [0.717, 1.165) is 24.2 Å². The van der Waals surface area contributed by atoms with Crippen molar-refractivity contribution in [2.45, 2.75) is 10.9 Å². The maximum Gasteiger partial charge on any atom is 0.227 e. The van der Waals surface area contributed by atoms with E-state index in [1.165, 1.54) is 17.8 Å². The van der Waals surface area contributed by atoms with E-state index in [0.29, 0.717) is 29.6 Å². The van der Waals surface area contributed by atoms with Gasteiger partial charge in [-0.3, -0.25) is 4.57 Å². The minimum Gasteiger partial charge on any atom is -0.378 e. The Bertz CT molecular complexity index is 640. The highest BCUT2D eigenvalue weighted by molar-refractivity contribution is 7.98. The van der Waals surface area contributed by atoms with E-state index in [4.69, 9.17) is 16.3 Å². The molecule has 0 radical (unpaired) electrons. The van der Waals surface area contributed by atoms with Gasteiger partial charge in [0.2, 0.25) is 5.95 Å². The van der Waals surface area contributed by atoms with E-state index < -0.39 is 0 Å². The van der Waals surface area contributed by atoms with Crippen LogP contribution < -0.4 is 4.90 Å². The molecule has 2 aromatic rings. The fraction of sp³-hybridized carbons (Fsp3) is 0.429. The molecule has 0 N–H and O–H groups in total. The lowest BCUT2D eigenvalue weighted by atomic mass is 10.2. The second-order valence-electron chi connectivity index (χ2n) is 4.93. The number of ether oxygens (including phenoxy) is 1. The van der Waals surface area contributed by atoms with E-state index in [-0.39, 0.29) is 5.82 Å². The quantitative estimate of drug-likeness (QED) is 0.799. The summed E-state index contributed by atoms with van der Waals surface area (Å²) in [5.74, 6) is 0.932. The average molecular weight is 343 g/mol. The molecule has 5 nitrogen and oxygen atoms in total. The molecule has 3 rings (SSSR count). The Morgan fingerprint density at radius 2 is 2.09 bits per heavy atom. The van der Waals surface area contributed by atoms with Crippen molar-refractivity contribution in [1.82, 2.24) is 14.8 Å². The summed E-state index contributed by atoms with van der Waals surface area (Å²) in [5, 5.41) is 9.60. The van der Waals surface area contributed by atoms with Crippen molar-refractivity contribution >= 4 is 29.3 Å². The summed E-state index contributed by atoms with van der Waals surface area (Å²) in [6.07, 6.45) is 0. The van der Waals surface area contributed by atoms with Crippen molar-refractivity contribution in [3.05, 3.63) is 34.6 Å². The molecule has 0 atom stereocenters. The van der Waals surface area contributed by atoms with Crippen LogP contribution in [0.3, 0.4) is 0 Å². The molecule has 0 amide bonds. The van der Waals surface area contributed by atoms with Crippen molar-refractivity contribution in [2.24, 2.45) is 7.05 Å². The number of benzene rings is 1. The first-order valence-electron chi connectivity index (χ1n) is 6.94. The van der Waals surface area contributed by atoms with Crippen molar-refractivity contribution < 1.29 is 9.13 Å². The highest BCUT2D eigenvalue weighted by Crippen LogP contribution is 2.28. The predicted octanol–water partition coefficient (Wildman–Crippen LogP) is 2.74. The third kappa shape index (κ3) is 3.21. The van der Waals surface area contributed by atoms with Crippen LogP contribution in [0.2, 0.25) is 5.02 Å². The number of halogens is 2. The summed E-state index contributed by atoms with van der Waals surface area (Å²) in [6, 6.07) is 4.71. The Balaban J connectivity index is 1.72. The lowest BCUT2D eigenvalue weighted by molar-refractivity contribution is 0.121. The lowest BCUT2D eigenvalue weighted by Gasteiger charge is -2.27. The van der Waals surface area contributed by atoms with Gasteiger partial charge in [-0.05, 0) is 12.1 Å². The molecule has 0 aliphatic carbocycles. The zero-order valence-corrected chi connectivity index (χ0v) is 13.7. The highest BCUT2D eigenvalue weighted by Gasteiger charge is 2.19. The second kappa shape index (κ2) is 6.85. The van der Waals surface area contributed by atoms with Crippen molar-refractivity contribution in [3.63, 3.8) is 0 Å². The van der Waals surface area contributed by atoms with E-state index in [2.05, 4.69) is 15.1 Å². The van der Waals surface area contributed by atoms with Crippen molar-refractivity contribution in [3.8, 4) is 0 Å². The molecule has 1 aliphatic rings. The molecule has 1 fully saturated rings. The smallest absolute Gasteiger partial charge is 0.227 e. The molecule has 1 aromatic carbocycles. The van der Waals surface area contributed by atoms with E-state index in [9.17, 15) is 4.39 Å². The molecule has 0 unspecified atom stereocenters. The van der Waals surface area contributed by atoms with Gasteiger partial charge in [-0.1, -0.05) is 29.4 Å². The van der Waals surface area contributed by atoms with Gasteiger partial charge in [0.25, 0.3) is 0 Å². The molecule has 1 saturated heterocycles. The number of nitrogens with zero attached hydrogens (tertiary/aromatic N) is 4. The first kappa shape index (κ1) is 15.6. The predicted molar refractivity (Wildman–Crippen MR) is 85.0 cm³/mol. The molecule has 118 valence electrons. The molecule has 8 heteroatoms. The van der Waals surface area contributed by atoms with Crippen LogP contribution in [0.1, 0.15) is 5.56 Å². The van der Waals surface area contributed by atoms with Crippen LogP contribution in [0.15, 0.2) is 23.4 Å². The minimum absolute atomic E-state index is 0.296. The number of anilines is 1. The fourth-order valence-electron chi connectivity index (χ4n) is 2.28. The Kier molecular flexibility index (Phi) is 4.85. The number of morpholine rings is 1. The third-order valence-corrected chi connectivity index (χ3v) is 4.91. The summed E-state index contributed by atoms with van der Waals surface area (Å²) in [4.78, 5) is 2.14. The summed E-state index contributed by atoms with van der Waals surface area (Å²) >= 11 is 7.46. The summed E-state index contributed by atoms with van der Waals surface area (Å²) < 4.78 is 21.0. The number of thioether (sulfide) groups is 1. The van der Waals surface area contributed by atoms with E-state index in [1.54, 1.807) is 12.1 Å². The molecular weight excluding hydrogens is 327 g/mol. The summed E-state index contributed by atoms with van der Waals surface area (Å²) in [5.41, 5.74) is 0.491. The third-order valence-electron chi connectivity index (χ3n) is 3.51. The maximum absolute atomic E-state index is 13.8. The fourth-order valence-corrected chi connectivity index (χ4v) is 3.53. The van der Waals surface area contributed by atoms with Crippen molar-refractivity contribution in [1.29, 1.82) is 0 Å². The van der Waals surface area contributed by atoms with E-state index >= 15 is 0 Å². The monoisotopic (exact) mass is 342 g/mol. The maximum atomic E-state index is 13.8. The molecule has 1 aromatic heterocycles. The molecule has 0 saturated carbocycles. The molecular formula is C14H16ClFN4OS. The highest BCUT2D eigenvalue weighted by atomic mass is 35.5. The van der Waals surface area contributed by atoms with Gasteiger partial charge in [-0.15, -0.1) is 10.2 Å². The van der Waals surface area contributed by atoms with E-state index in [1.807, 2.05) is 11.6 Å². The van der Waals surface area contributed by atoms with Gasteiger partial charge in [-0.2, -0.15) is 0 Å². The lowest BCUT2D eigenvalue weighted by Crippen LogP contribution is -2.37. The Hall–Kier alpha value is -1.31. The summed E-state index contributed by atoms with van der Waals surface area (Å²) in [6.45, 7) is 2.99. The zero-order chi connectivity index (χ0) is 15.5. The Labute approximate surface area is 137 Å². The number of hydrogen-bond acceptors (Lipinski definition) is 5. The Morgan fingerprint density at radius 1 is 1.32 bits per heavy atom. The van der Waals surface area contributed by atoms with Crippen LogP contribution in [-0.4, -0.2) is 41.1 Å². The van der Waals surface area contributed by atoms with Gasteiger partial charge in [0.1, 0.15) is 5.82 Å². The average Bonchev–Trinajstić information content (AvgIpc) is 2.89. The number of hydrogen-bond donors (Lipinski definition) is 0. The van der Waals surface area contributed by atoms with Gasteiger partial charge in [0.05, 0.1) is 13.2 Å². The molecule has 2 heterocycles. The topological polar surface area (TPSA) is 43.2 Å². The van der Waals surface area contributed by atoms with Crippen LogP contribution in [0.5, 0.6) is 0 Å². The zero-order valence-electron chi connectivity index (χ0n) is 12.1. The van der Waals surface area contributed by atoms with Crippen LogP contribution in [0, 0.1) is 5.82 Å². The van der Waals surface area contributed by atoms with Crippen LogP contribution in [0.25, 0.3) is 0 Å². The minimum atomic E-state index is -0.296. The van der Waals surface area contributed by atoms with Crippen LogP contribution in [0.4, 0.5) is 10.3 Å². The van der Waals surface area contributed by atoms with Crippen LogP contribution in [-0.2, 0) is 17.5 Å². The Morgan fingerprint density at radius 3 is 2.82 bits per heavy atom. The number of rotatable bonds is 4. The van der Waals surface area contributed by atoms with Gasteiger partial charge >= 0.3 is 0 Å². The van der Waals surface area contributed by atoms with Gasteiger partial charge in [-0.25, -0.2) is 4.39 Å². The van der Waals surface area contributed by atoms with Crippen molar-refractivity contribution in [2.75, 3.05) is 31.2 Å². The largest absolute Gasteiger partial charge is 0.378 e. The first-order valence-corrected chi connectivity index (χ1v) is 8.31. The molecule has 1 aliphatic heterocycles. The molecule has 0 spiro atoms. The standard InChI is InChI=1S/C14H16ClFN4OS/c1-19-13(20-5-7-21-8-6-20)17-18-14(19)22-9-10-11(15)3-2-4-12(10)16/h2-4H,5-9H2,1H3. The molecule has 22 heavy (non-hydrogen) atoms. The second-order valence-corrected chi connectivity index (χ2v) is 6.28. The SMILES string of the molecule is Cn1c(SCc2c(F)cccc2Cl)nnc1N1CCOCC1. The van der Waals surface area contributed by atoms with Gasteiger partial charge in [0.15, 0.2) is 5.16 Å². The summed E-state index contributed by atoms with van der Waals surface area (Å²) in [7, 11) is 1.91.